The van der Waals surface area contributed by atoms with Gasteiger partial charge in [-0.3, -0.25) is 19.7 Å². The number of ether oxygens (including phenoxy) is 1. The second kappa shape index (κ2) is 10.5. The normalized spacial score (nSPS) is 11.0. The molecule has 2 N–H and O–H groups in total. The number of rotatable bonds is 6. The number of benzene rings is 3. The van der Waals surface area contributed by atoms with E-state index in [-0.39, 0.29) is 22.7 Å². The minimum Gasteiger partial charge on any atom is -0.454 e. The zero-order valence-corrected chi connectivity index (χ0v) is 21.4. The number of halogens is 2. The van der Waals surface area contributed by atoms with Crippen molar-refractivity contribution in [1.29, 1.82) is 0 Å². The number of aromatic nitrogens is 5. The average molecular weight is 551 g/mol. The van der Waals surface area contributed by atoms with Crippen molar-refractivity contribution in [1.82, 2.24) is 25.0 Å². The van der Waals surface area contributed by atoms with Crippen LogP contribution in [-0.4, -0.2) is 30.9 Å². The van der Waals surface area contributed by atoms with Crippen LogP contribution < -0.4 is 15.6 Å². The van der Waals surface area contributed by atoms with Crippen molar-refractivity contribution in [2.24, 2.45) is 0 Å². The van der Waals surface area contributed by atoms with Gasteiger partial charge in [-0.05, 0) is 79.2 Å². The number of nitrogens with one attached hydrogen (secondary N) is 2. The van der Waals surface area contributed by atoms with Crippen LogP contribution in [0.1, 0.15) is 16.1 Å². The van der Waals surface area contributed by atoms with Gasteiger partial charge in [-0.15, -0.1) is 0 Å². The SMILES string of the molecule is Cc1cc(-c2cc3n[nH]cc3cc2Oc2ccc(NC(=O)c3ccnn(-c4ccc(F)cc4)c3=O)cc2F)ccn1. The van der Waals surface area contributed by atoms with Crippen LogP contribution in [0.4, 0.5) is 14.5 Å². The van der Waals surface area contributed by atoms with E-state index in [2.05, 4.69) is 25.6 Å². The predicted octanol–water partition coefficient (Wildman–Crippen LogP) is 5.80. The maximum atomic E-state index is 15.2. The third kappa shape index (κ3) is 5.15. The van der Waals surface area contributed by atoms with Crippen molar-refractivity contribution in [2.45, 2.75) is 6.92 Å². The summed E-state index contributed by atoms with van der Waals surface area (Å²) in [5.74, 6) is -1.64. The minimum atomic E-state index is -0.762. The Morgan fingerprint density at radius 1 is 0.951 bits per heavy atom. The van der Waals surface area contributed by atoms with Gasteiger partial charge in [0.05, 0.1) is 11.2 Å². The molecule has 0 aliphatic carbocycles. The number of amides is 1. The summed E-state index contributed by atoms with van der Waals surface area (Å²) in [5, 5.41) is 14.3. The Bertz CT molecular complexity index is 1990. The molecule has 0 fully saturated rings. The topological polar surface area (TPSA) is 115 Å². The Labute approximate surface area is 231 Å². The molecule has 9 nitrogen and oxygen atoms in total. The van der Waals surface area contributed by atoms with E-state index in [0.717, 1.165) is 32.9 Å². The molecular weight excluding hydrogens is 530 g/mol. The molecule has 0 atom stereocenters. The fourth-order valence-electron chi connectivity index (χ4n) is 4.32. The lowest BCUT2D eigenvalue weighted by Gasteiger charge is -2.14. The van der Waals surface area contributed by atoms with Gasteiger partial charge < -0.3 is 10.1 Å². The lowest BCUT2D eigenvalue weighted by Crippen LogP contribution is -2.29. The van der Waals surface area contributed by atoms with Gasteiger partial charge in [-0.25, -0.2) is 8.78 Å². The molecule has 3 heterocycles. The molecule has 41 heavy (non-hydrogen) atoms. The summed E-state index contributed by atoms with van der Waals surface area (Å²) in [4.78, 5) is 30.0. The Kier molecular flexibility index (Phi) is 6.52. The average Bonchev–Trinajstić information content (AvgIpc) is 3.42. The molecule has 0 aliphatic heterocycles. The molecule has 0 saturated carbocycles. The standard InChI is InChI=1S/C30H20F2N6O3/c1-17-12-18(8-10-33-17)24-15-26-19(16-34-37-26)13-28(24)41-27-7-4-21(14-25(27)32)36-29(39)23-9-11-35-38(30(23)40)22-5-2-20(31)3-6-22/h2-16H,1H3,(H,34,37)(H,36,39). The number of carbonyl (C=O) groups excluding carboxylic acids is 1. The zero-order valence-electron chi connectivity index (χ0n) is 21.4. The van der Waals surface area contributed by atoms with Crippen LogP contribution in [-0.2, 0) is 0 Å². The van der Waals surface area contributed by atoms with Gasteiger partial charge >= 0.3 is 0 Å². The van der Waals surface area contributed by atoms with E-state index in [1.165, 1.54) is 48.7 Å². The number of pyridine rings is 1. The molecule has 0 spiro atoms. The van der Waals surface area contributed by atoms with Crippen molar-refractivity contribution in [3.63, 3.8) is 0 Å². The number of hydrogen-bond acceptors (Lipinski definition) is 6. The van der Waals surface area contributed by atoms with Gasteiger partial charge in [0.1, 0.15) is 17.1 Å². The van der Waals surface area contributed by atoms with Crippen molar-refractivity contribution in [3.05, 3.63) is 125 Å². The molecule has 0 bridgehead atoms. The van der Waals surface area contributed by atoms with Gasteiger partial charge in [0.25, 0.3) is 11.5 Å². The van der Waals surface area contributed by atoms with E-state index in [0.29, 0.717) is 11.3 Å². The van der Waals surface area contributed by atoms with Crippen molar-refractivity contribution in [2.75, 3.05) is 5.32 Å². The molecule has 0 unspecified atom stereocenters. The highest BCUT2D eigenvalue weighted by Crippen LogP contribution is 2.37. The van der Waals surface area contributed by atoms with Crippen LogP contribution in [0.25, 0.3) is 27.7 Å². The van der Waals surface area contributed by atoms with Crippen molar-refractivity contribution < 1.29 is 18.3 Å². The molecule has 6 rings (SSSR count). The monoisotopic (exact) mass is 550 g/mol. The highest BCUT2D eigenvalue weighted by molar-refractivity contribution is 6.04. The molecule has 3 aromatic carbocycles. The number of fused-ring (bicyclic) bond motifs is 1. The van der Waals surface area contributed by atoms with E-state index in [1.807, 2.05) is 25.1 Å². The summed E-state index contributed by atoms with van der Waals surface area (Å²) >= 11 is 0. The van der Waals surface area contributed by atoms with Gasteiger partial charge in [0.2, 0.25) is 0 Å². The summed E-state index contributed by atoms with van der Waals surface area (Å²) in [6.07, 6.45) is 4.66. The van der Waals surface area contributed by atoms with Crippen LogP contribution in [0.3, 0.4) is 0 Å². The number of nitrogens with zero attached hydrogens (tertiary/aromatic N) is 4. The summed E-state index contributed by atoms with van der Waals surface area (Å²) in [6, 6.07) is 17.6. The first-order valence-corrected chi connectivity index (χ1v) is 12.4. The molecule has 0 aliphatic rings. The Balaban J connectivity index is 1.27. The number of carbonyl (C=O) groups is 1. The molecular formula is C30H20F2N6O3. The summed E-state index contributed by atoms with van der Waals surface area (Å²) in [7, 11) is 0. The van der Waals surface area contributed by atoms with Gasteiger partial charge in [0, 0.05) is 47.0 Å². The second-order valence-electron chi connectivity index (χ2n) is 9.12. The van der Waals surface area contributed by atoms with E-state index in [1.54, 1.807) is 18.5 Å². The predicted molar refractivity (Wildman–Crippen MR) is 148 cm³/mol. The van der Waals surface area contributed by atoms with E-state index >= 15 is 4.39 Å². The first-order chi connectivity index (χ1) is 19.9. The molecule has 0 radical (unpaired) electrons. The van der Waals surface area contributed by atoms with E-state index in [4.69, 9.17) is 4.74 Å². The number of aromatic amines is 1. The smallest absolute Gasteiger partial charge is 0.284 e. The van der Waals surface area contributed by atoms with Crippen LogP contribution in [0.15, 0.2) is 96.2 Å². The number of hydrogen-bond donors (Lipinski definition) is 2. The largest absolute Gasteiger partial charge is 0.454 e. The van der Waals surface area contributed by atoms with Gasteiger partial charge in [-0.1, -0.05) is 0 Å². The van der Waals surface area contributed by atoms with Crippen LogP contribution >= 0.6 is 0 Å². The van der Waals surface area contributed by atoms with Crippen molar-refractivity contribution >= 4 is 22.5 Å². The summed E-state index contributed by atoms with van der Waals surface area (Å²) < 4.78 is 35.5. The Morgan fingerprint density at radius 3 is 2.56 bits per heavy atom. The number of H-pyrrole nitrogens is 1. The first-order valence-electron chi connectivity index (χ1n) is 12.4. The first kappa shape index (κ1) is 25.6. The fourth-order valence-corrected chi connectivity index (χ4v) is 4.32. The summed E-state index contributed by atoms with van der Waals surface area (Å²) in [5.41, 5.74) is 2.50. The quantitative estimate of drug-likeness (QED) is 0.271. The maximum Gasteiger partial charge on any atom is 0.284 e. The van der Waals surface area contributed by atoms with Gasteiger partial charge in [0.15, 0.2) is 11.6 Å². The summed E-state index contributed by atoms with van der Waals surface area (Å²) in [6.45, 7) is 1.87. The lowest BCUT2D eigenvalue weighted by atomic mass is 10.0. The molecule has 3 aromatic heterocycles. The molecule has 202 valence electrons. The zero-order chi connectivity index (χ0) is 28.5. The highest BCUT2D eigenvalue weighted by atomic mass is 19.1. The number of anilines is 1. The van der Waals surface area contributed by atoms with Gasteiger partial charge in [-0.2, -0.15) is 14.9 Å². The molecule has 11 heteroatoms. The Morgan fingerprint density at radius 2 is 1.78 bits per heavy atom. The van der Waals surface area contributed by atoms with E-state index in [9.17, 15) is 14.0 Å². The van der Waals surface area contributed by atoms with Crippen LogP contribution in [0.5, 0.6) is 11.5 Å². The molecule has 6 aromatic rings. The van der Waals surface area contributed by atoms with Crippen molar-refractivity contribution in [3.8, 4) is 28.3 Å². The maximum absolute atomic E-state index is 15.2. The fraction of sp³-hybridized carbons (Fsp3) is 0.0333. The van der Waals surface area contributed by atoms with Crippen LogP contribution in [0, 0.1) is 18.6 Å². The minimum absolute atomic E-state index is 0.0690. The highest BCUT2D eigenvalue weighted by Gasteiger charge is 2.17. The van der Waals surface area contributed by atoms with E-state index < -0.39 is 23.1 Å². The second-order valence-corrected chi connectivity index (χ2v) is 9.12. The Hall–Kier alpha value is -5.71. The molecule has 1 amide bonds. The molecule has 0 saturated heterocycles. The number of aryl methyl sites for hydroxylation is 1. The third-order valence-corrected chi connectivity index (χ3v) is 6.31. The van der Waals surface area contributed by atoms with Crippen LogP contribution in [0.2, 0.25) is 0 Å². The third-order valence-electron chi connectivity index (χ3n) is 6.31. The lowest BCUT2D eigenvalue weighted by molar-refractivity contribution is 0.102.